The van der Waals surface area contributed by atoms with Gasteiger partial charge in [-0.2, -0.15) is 5.10 Å². The Morgan fingerprint density at radius 2 is 2.57 bits per heavy atom. The molecular weight excluding hydrogens is 90.1 g/mol. The van der Waals surface area contributed by atoms with E-state index in [1.165, 1.54) is 6.33 Å². The maximum Gasteiger partial charge on any atom is 0.137 e. The van der Waals surface area contributed by atoms with Crippen molar-refractivity contribution in [1.29, 1.82) is 0 Å². The predicted molar refractivity (Wildman–Crippen MR) is 25.4 cm³/mol. The van der Waals surface area contributed by atoms with Crippen molar-refractivity contribution in [3.05, 3.63) is 19.2 Å². The molecule has 1 aromatic heterocycles. The molecule has 0 aliphatic rings. The summed E-state index contributed by atoms with van der Waals surface area (Å²) < 4.78 is 1.64. The molecule has 0 N–H and O–H groups in total. The van der Waals surface area contributed by atoms with E-state index in [-0.39, 0.29) is 0 Å². The van der Waals surface area contributed by atoms with Gasteiger partial charge in [0.05, 0.1) is 6.54 Å². The highest BCUT2D eigenvalue weighted by molar-refractivity contribution is 4.63. The molecule has 0 atom stereocenters. The van der Waals surface area contributed by atoms with Crippen molar-refractivity contribution in [2.24, 2.45) is 0 Å². The number of hydrogen-bond donors (Lipinski definition) is 0. The van der Waals surface area contributed by atoms with Crippen molar-refractivity contribution >= 4 is 0 Å². The third kappa shape index (κ3) is 0.765. The van der Waals surface area contributed by atoms with Crippen molar-refractivity contribution in [3.63, 3.8) is 0 Å². The minimum absolute atomic E-state index is 1.50. The Bertz CT molecular complexity index is 121. The van der Waals surface area contributed by atoms with Crippen LogP contribution in [0.1, 0.15) is 6.92 Å². The van der Waals surface area contributed by atoms with Gasteiger partial charge in [0.25, 0.3) is 0 Å². The van der Waals surface area contributed by atoms with E-state index in [2.05, 4.69) is 10.1 Å². The van der Waals surface area contributed by atoms with E-state index < -0.39 is 0 Å². The first-order valence-corrected chi connectivity index (χ1v) is 2.07. The third-order valence-electron chi connectivity index (χ3n) is 0.701. The quantitative estimate of drug-likeness (QED) is 0.503. The van der Waals surface area contributed by atoms with E-state index >= 15 is 0 Å². The maximum absolute atomic E-state index is 3.78. The molecule has 1 heterocycles. The summed E-state index contributed by atoms with van der Waals surface area (Å²) in [5.41, 5.74) is 0. The number of aromatic nitrogens is 3. The van der Waals surface area contributed by atoms with Crippen molar-refractivity contribution in [2.45, 2.75) is 6.92 Å². The maximum atomic E-state index is 3.78. The normalized spacial score (nSPS) is 9.29. The predicted octanol–water partition coefficient (Wildman–Crippen LogP) is 0.308. The first-order chi connectivity index (χ1) is 3.43. The zero-order chi connectivity index (χ0) is 5.11. The molecule has 37 valence electrons. The van der Waals surface area contributed by atoms with Crippen molar-refractivity contribution in [3.8, 4) is 0 Å². The van der Waals surface area contributed by atoms with Crippen LogP contribution in [0.4, 0.5) is 0 Å². The van der Waals surface area contributed by atoms with Crippen LogP contribution in [0.15, 0.2) is 12.7 Å². The van der Waals surface area contributed by atoms with Gasteiger partial charge in [0, 0.05) is 0 Å². The van der Waals surface area contributed by atoms with Crippen LogP contribution in [-0.4, -0.2) is 14.8 Å². The minimum Gasteiger partial charge on any atom is -0.248 e. The van der Waals surface area contributed by atoms with Gasteiger partial charge in [-0.1, -0.05) is 0 Å². The smallest absolute Gasteiger partial charge is 0.137 e. The lowest BCUT2D eigenvalue weighted by Gasteiger charge is -1.84. The number of hydrogen-bond acceptors (Lipinski definition) is 2. The molecule has 1 aromatic rings. The minimum atomic E-state index is 1.50. The van der Waals surface area contributed by atoms with Gasteiger partial charge in [0.2, 0.25) is 0 Å². The molecule has 3 heteroatoms. The molecule has 0 unspecified atom stereocenters. The highest BCUT2D eigenvalue weighted by Crippen LogP contribution is 1.77. The Morgan fingerprint density at radius 3 is 2.86 bits per heavy atom. The topological polar surface area (TPSA) is 30.7 Å². The summed E-state index contributed by atoms with van der Waals surface area (Å²) in [6, 6.07) is 0. The van der Waals surface area contributed by atoms with Gasteiger partial charge in [-0.25, -0.2) is 9.67 Å². The summed E-state index contributed by atoms with van der Waals surface area (Å²) in [6.45, 7) is 3.72. The lowest BCUT2D eigenvalue weighted by molar-refractivity contribution is 0.806. The summed E-state index contributed by atoms with van der Waals surface area (Å²) in [5, 5.41) is 3.78. The lowest BCUT2D eigenvalue weighted by atomic mass is 10.8. The van der Waals surface area contributed by atoms with Gasteiger partial charge >= 0.3 is 0 Å². The Kier molecular flexibility index (Phi) is 1.06. The van der Waals surface area contributed by atoms with E-state index in [1.54, 1.807) is 11.0 Å². The Balaban J connectivity index is 2.76. The third-order valence-corrected chi connectivity index (χ3v) is 0.701. The zero-order valence-corrected chi connectivity index (χ0v) is 4.07. The SMILES string of the molecule is C[CH]n1cncn1. The van der Waals surface area contributed by atoms with E-state index in [4.69, 9.17) is 0 Å². The molecule has 0 spiro atoms. The van der Waals surface area contributed by atoms with Gasteiger partial charge in [-0.05, 0) is 6.92 Å². The molecule has 1 radical (unpaired) electrons. The molecule has 0 bridgehead atoms. The van der Waals surface area contributed by atoms with Gasteiger partial charge < -0.3 is 0 Å². The molecule has 3 nitrogen and oxygen atoms in total. The second-order valence-corrected chi connectivity index (χ2v) is 1.13. The molecule has 0 saturated carbocycles. The fourth-order valence-corrected chi connectivity index (χ4v) is 0.351. The van der Waals surface area contributed by atoms with Gasteiger partial charge in [-0.3, -0.25) is 0 Å². The van der Waals surface area contributed by atoms with E-state index in [9.17, 15) is 0 Å². The molecule has 0 aliphatic carbocycles. The van der Waals surface area contributed by atoms with Crippen LogP contribution in [0, 0.1) is 6.54 Å². The van der Waals surface area contributed by atoms with Crippen LogP contribution in [-0.2, 0) is 0 Å². The molecule has 0 aromatic carbocycles. The summed E-state index contributed by atoms with van der Waals surface area (Å²) in [6.07, 6.45) is 3.14. The standard InChI is InChI=1S/C4H6N3/c1-2-7-4-5-3-6-7/h2-4H,1H3. The summed E-state index contributed by atoms with van der Waals surface area (Å²) in [4.78, 5) is 3.71. The largest absolute Gasteiger partial charge is 0.248 e. The Morgan fingerprint density at radius 1 is 1.71 bits per heavy atom. The number of rotatable bonds is 1. The van der Waals surface area contributed by atoms with Crippen LogP contribution in [0.2, 0.25) is 0 Å². The van der Waals surface area contributed by atoms with Gasteiger partial charge in [-0.15, -0.1) is 0 Å². The Labute approximate surface area is 42.0 Å². The van der Waals surface area contributed by atoms with Gasteiger partial charge in [0.15, 0.2) is 0 Å². The first kappa shape index (κ1) is 4.30. The molecule has 7 heavy (non-hydrogen) atoms. The molecule has 0 fully saturated rings. The summed E-state index contributed by atoms with van der Waals surface area (Å²) in [7, 11) is 0. The highest BCUT2D eigenvalue weighted by atomic mass is 15.3. The zero-order valence-electron chi connectivity index (χ0n) is 4.07. The lowest BCUT2D eigenvalue weighted by Crippen LogP contribution is -1.88. The van der Waals surface area contributed by atoms with Crippen LogP contribution in [0.25, 0.3) is 0 Å². The van der Waals surface area contributed by atoms with E-state index in [0.717, 1.165) is 0 Å². The van der Waals surface area contributed by atoms with E-state index in [0.29, 0.717) is 0 Å². The molecule has 0 amide bonds. The van der Waals surface area contributed by atoms with Crippen LogP contribution in [0.5, 0.6) is 0 Å². The average Bonchev–Trinajstić information content (AvgIpc) is 2.14. The fourth-order valence-electron chi connectivity index (χ4n) is 0.351. The Hall–Kier alpha value is -0.860. The molecule has 0 aliphatic heterocycles. The van der Waals surface area contributed by atoms with Gasteiger partial charge in [0.1, 0.15) is 12.7 Å². The monoisotopic (exact) mass is 96.1 g/mol. The molecular formula is C4H6N3. The van der Waals surface area contributed by atoms with Crippen LogP contribution >= 0.6 is 0 Å². The number of nitrogens with zero attached hydrogens (tertiary/aromatic N) is 3. The molecule has 1 rings (SSSR count). The van der Waals surface area contributed by atoms with Crippen LogP contribution in [0.3, 0.4) is 0 Å². The van der Waals surface area contributed by atoms with Crippen LogP contribution < -0.4 is 0 Å². The highest BCUT2D eigenvalue weighted by Gasteiger charge is 1.79. The van der Waals surface area contributed by atoms with Crippen molar-refractivity contribution in [1.82, 2.24) is 14.8 Å². The second-order valence-electron chi connectivity index (χ2n) is 1.13. The fraction of sp³-hybridized carbons (Fsp3) is 0.250. The summed E-state index contributed by atoms with van der Waals surface area (Å²) in [5.74, 6) is 0. The van der Waals surface area contributed by atoms with Crippen molar-refractivity contribution in [2.75, 3.05) is 0 Å². The summed E-state index contributed by atoms with van der Waals surface area (Å²) >= 11 is 0. The van der Waals surface area contributed by atoms with E-state index in [1.807, 2.05) is 13.5 Å². The van der Waals surface area contributed by atoms with Crippen molar-refractivity contribution < 1.29 is 0 Å². The first-order valence-electron chi connectivity index (χ1n) is 2.07. The second kappa shape index (κ2) is 1.73. The molecule has 0 saturated heterocycles. The average molecular weight is 96.1 g/mol.